The second-order valence-corrected chi connectivity index (χ2v) is 1.60. The topological polar surface area (TPSA) is 20.2 Å². The minimum absolute atomic E-state index is 0.0926. The molecule has 1 nitrogen and oxygen atoms in total. The second-order valence-electron chi connectivity index (χ2n) is 1.60. The zero-order valence-electron chi connectivity index (χ0n) is 4.18. The zero-order valence-corrected chi connectivity index (χ0v) is 4.18. The minimum atomic E-state index is -0.370. The van der Waals surface area contributed by atoms with Crippen LogP contribution in [0, 0.1) is 0 Å². The molecule has 0 saturated heterocycles. The van der Waals surface area contributed by atoms with E-state index in [1.165, 1.54) is 0 Å². The molecular weight excluding hydrogens is 74.9 g/mol. The van der Waals surface area contributed by atoms with Gasteiger partial charge in [-0.25, -0.2) is 0 Å². The molecule has 0 amide bonds. The van der Waals surface area contributed by atoms with Crippen LogP contribution in [0.4, 0.5) is 0 Å². The first-order valence-electron chi connectivity index (χ1n) is 2.08. The van der Waals surface area contributed by atoms with E-state index in [-0.39, 0.29) is 11.9 Å². The standard InChI is InChI=1S/C4H9BO/c1-3(5)4(2)6/h3-4,6H,1-2H3. The predicted octanol–water partition coefficient (Wildman–Crippen LogP) is 0.344. The molecule has 2 atom stereocenters. The third kappa shape index (κ3) is 2.27. The summed E-state index contributed by atoms with van der Waals surface area (Å²) < 4.78 is 0. The summed E-state index contributed by atoms with van der Waals surface area (Å²) in [5, 5.41) is 8.50. The van der Waals surface area contributed by atoms with Gasteiger partial charge in [0.05, 0.1) is 7.85 Å². The Labute approximate surface area is 39.8 Å². The van der Waals surface area contributed by atoms with Crippen molar-refractivity contribution in [2.24, 2.45) is 0 Å². The number of hydrogen-bond acceptors (Lipinski definition) is 1. The number of hydrogen-bond donors (Lipinski definition) is 1. The Morgan fingerprint density at radius 1 is 1.50 bits per heavy atom. The molecule has 2 heteroatoms. The summed E-state index contributed by atoms with van der Waals surface area (Å²) in [6.45, 7) is 3.44. The average molecular weight is 83.9 g/mol. The third-order valence-corrected chi connectivity index (χ3v) is 0.761. The van der Waals surface area contributed by atoms with Gasteiger partial charge in [0.15, 0.2) is 0 Å². The van der Waals surface area contributed by atoms with Gasteiger partial charge < -0.3 is 5.11 Å². The highest BCUT2D eigenvalue weighted by Crippen LogP contribution is 2.00. The first kappa shape index (κ1) is 6.02. The van der Waals surface area contributed by atoms with E-state index in [1.54, 1.807) is 13.8 Å². The molecule has 0 aliphatic rings. The Bertz CT molecular complexity index is 28.5. The van der Waals surface area contributed by atoms with Crippen LogP contribution in [0.3, 0.4) is 0 Å². The third-order valence-electron chi connectivity index (χ3n) is 0.761. The van der Waals surface area contributed by atoms with Gasteiger partial charge in [-0.3, -0.25) is 0 Å². The van der Waals surface area contributed by atoms with Gasteiger partial charge in [0.1, 0.15) is 0 Å². The number of aliphatic hydroxyl groups excluding tert-OH is 1. The maximum Gasteiger partial charge on any atom is 0.0730 e. The van der Waals surface area contributed by atoms with Crippen molar-refractivity contribution in [3.8, 4) is 0 Å². The highest BCUT2D eigenvalue weighted by Gasteiger charge is 1.97. The SMILES string of the molecule is [B]C(C)C(C)O. The van der Waals surface area contributed by atoms with Crippen LogP contribution >= 0.6 is 0 Å². The zero-order chi connectivity index (χ0) is 5.15. The van der Waals surface area contributed by atoms with E-state index >= 15 is 0 Å². The smallest absolute Gasteiger partial charge is 0.0730 e. The van der Waals surface area contributed by atoms with Crippen LogP contribution in [0.25, 0.3) is 0 Å². The molecular formula is C4H9BO. The highest BCUT2D eigenvalue weighted by atomic mass is 16.3. The first-order chi connectivity index (χ1) is 2.64. The van der Waals surface area contributed by atoms with Crippen LogP contribution in [0.2, 0.25) is 5.82 Å². The van der Waals surface area contributed by atoms with Gasteiger partial charge >= 0.3 is 0 Å². The van der Waals surface area contributed by atoms with E-state index in [1.807, 2.05) is 0 Å². The van der Waals surface area contributed by atoms with Gasteiger partial charge in [0, 0.05) is 6.10 Å². The van der Waals surface area contributed by atoms with E-state index in [4.69, 9.17) is 13.0 Å². The molecule has 0 rings (SSSR count). The summed E-state index contributed by atoms with van der Waals surface area (Å²) in [6, 6.07) is 0. The van der Waals surface area contributed by atoms with Crippen molar-refractivity contribution in [3.05, 3.63) is 0 Å². The summed E-state index contributed by atoms with van der Waals surface area (Å²) in [6.07, 6.45) is -0.370. The van der Waals surface area contributed by atoms with Crippen LogP contribution < -0.4 is 0 Å². The molecule has 0 aromatic heterocycles. The lowest BCUT2D eigenvalue weighted by Gasteiger charge is -2.04. The summed E-state index contributed by atoms with van der Waals surface area (Å²) in [7, 11) is 5.19. The van der Waals surface area contributed by atoms with E-state index < -0.39 is 0 Å². The quantitative estimate of drug-likeness (QED) is 0.454. The van der Waals surface area contributed by atoms with Crippen molar-refractivity contribution in [2.45, 2.75) is 25.8 Å². The van der Waals surface area contributed by atoms with Crippen LogP contribution in [-0.2, 0) is 0 Å². The van der Waals surface area contributed by atoms with Crippen molar-refractivity contribution in [1.29, 1.82) is 0 Å². The summed E-state index contributed by atoms with van der Waals surface area (Å²) in [5.74, 6) is -0.0926. The molecule has 0 fully saturated rings. The predicted molar refractivity (Wildman–Crippen MR) is 26.9 cm³/mol. The van der Waals surface area contributed by atoms with Crippen LogP contribution in [-0.4, -0.2) is 19.1 Å². The van der Waals surface area contributed by atoms with Gasteiger partial charge in [0.2, 0.25) is 0 Å². The molecule has 0 aliphatic carbocycles. The highest BCUT2D eigenvalue weighted by molar-refractivity contribution is 6.11. The molecule has 2 unspecified atom stereocenters. The lowest BCUT2D eigenvalue weighted by Crippen LogP contribution is -2.05. The van der Waals surface area contributed by atoms with E-state index in [0.29, 0.717) is 0 Å². The van der Waals surface area contributed by atoms with Crippen molar-refractivity contribution < 1.29 is 5.11 Å². The lowest BCUT2D eigenvalue weighted by molar-refractivity contribution is 0.191. The van der Waals surface area contributed by atoms with Crippen LogP contribution in [0.1, 0.15) is 13.8 Å². The summed E-state index contributed by atoms with van der Waals surface area (Å²) in [4.78, 5) is 0. The molecule has 1 N–H and O–H groups in total. The number of aliphatic hydroxyl groups is 1. The Hall–Kier alpha value is 0.0249. The molecule has 0 saturated carbocycles. The first-order valence-corrected chi connectivity index (χ1v) is 2.08. The summed E-state index contributed by atoms with van der Waals surface area (Å²) in [5.41, 5.74) is 0. The molecule has 0 heterocycles. The van der Waals surface area contributed by atoms with E-state index in [2.05, 4.69) is 0 Å². The maximum absolute atomic E-state index is 8.50. The second kappa shape index (κ2) is 2.24. The maximum atomic E-state index is 8.50. The molecule has 0 aliphatic heterocycles. The minimum Gasteiger partial charge on any atom is -0.394 e. The van der Waals surface area contributed by atoms with Gasteiger partial charge in [0.25, 0.3) is 0 Å². The molecule has 0 spiro atoms. The molecule has 0 aromatic rings. The van der Waals surface area contributed by atoms with Gasteiger partial charge in [-0.2, -0.15) is 0 Å². The van der Waals surface area contributed by atoms with Crippen molar-refractivity contribution >= 4 is 7.85 Å². The van der Waals surface area contributed by atoms with Crippen LogP contribution in [0.15, 0.2) is 0 Å². The molecule has 0 aromatic carbocycles. The molecule has 0 bridgehead atoms. The lowest BCUT2D eigenvalue weighted by atomic mass is 9.85. The monoisotopic (exact) mass is 84.1 g/mol. The van der Waals surface area contributed by atoms with E-state index in [9.17, 15) is 0 Å². The fraction of sp³-hybridized carbons (Fsp3) is 1.00. The molecule has 2 radical (unpaired) electrons. The van der Waals surface area contributed by atoms with Gasteiger partial charge in [-0.15, -0.1) is 0 Å². The number of rotatable bonds is 1. The van der Waals surface area contributed by atoms with Crippen molar-refractivity contribution in [3.63, 3.8) is 0 Å². The Kier molecular flexibility index (Phi) is 2.25. The fourth-order valence-corrected chi connectivity index (χ4v) is 0. The van der Waals surface area contributed by atoms with Crippen molar-refractivity contribution in [2.75, 3.05) is 0 Å². The average Bonchev–Trinajstić information content (AvgIpc) is 1.36. The largest absolute Gasteiger partial charge is 0.394 e. The molecule has 34 valence electrons. The molecule has 6 heavy (non-hydrogen) atoms. The summed E-state index contributed by atoms with van der Waals surface area (Å²) >= 11 is 0. The van der Waals surface area contributed by atoms with Crippen LogP contribution in [0.5, 0.6) is 0 Å². The van der Waals surface area contributed by atoms with Gasteiger partial charge in [-0.1, -0.05) is 12.7 Å². The van der Waals surface area contributed by atoms with E-state index in [0.717, 1.165) is 0 Å². The normalized spacial score (nSPS) is 19.8. The fourth-order valence-electron chi connectivity index (χ4n) is 0. The Balaban J connectivity index is 2.99. The van der Waals surface area contributed by atoms with Gasteiger partial charge in [-0.05, 0) is 6.92 Å². The Morgan fingerprint density at radius 3 is 1.67 bits per heavy atom. The Morgan fingerprint density at radius 2 is 1.67 bits per heavy atom. The van der Waals surface area contributed by atoms with Crippen molar-refractivity contribution in [1.82, 2.24) is 0 Å².